The van der Waals surface area contributed by atoms with Crippen LogP contribution >= 0.6 is 11.3 Å². The second kappa shape index (κ2) is 6.28. The molecule has 0 saturated carbocycles. The molecular formula is C15H15N5O3S. The van der Waals surface area contributed by atoms with Gasteiger partial charge in [-0.1, -0.05) is 5.16 Å². The molecule has 0 aromatic carbocycles. The number of hydrogen-bond acceptors (Lipinski definition) is 6. The third-order valence-corrected chi connectivity index (χ3v) is 4.27. The molecule has 4 N–H and O–H groups in total. The van der Waals surface area contributed by atoms with Crippen molar-refractivity contribution in [1.29, 1.82) is 0 Å². The van der Waals surface area contributed by atoms with Gasteiger partial charge < -0.3 is 20.6 Å². The third-order valence-electron chi connectivity index (χ3n) is 3.51. The number of hydrogen-bond donors (Lipinski definition) is 3. The number of nitrogens with one attached hydrogen (secondary N) is 2. The second-order valence-electron chi connectivity index (χ2n) is 5.23. The smallest absolute Gasteiger partial charge is 0.265 e. The van der Waals surface area contributed by atoms with Gasteiger partial charge >= 0.3 is 0 Å². The van der Waals surface area contributed by atoms with Gasteiger partial charge in [0.1, 0.15) is 11.5 Å². The van der Waals surface area contributed by atoms with Crippen LogP contribution in [0.1, 0.15) is 27.5 Å². The lowest BCUT2D eigenvalue weighted by Gasteiger charge is -2.01. The Balaban J connectivity index is 1.69. The van der Waals surface area contributed by atoms with E-state index in [4.69, 9.17) is 10.3 Å². The minimum absolute atomic E-state index is 0.173. The summed E-state index contributed by atoms with van der Waals surface area (Å²) in [7, 11) is 0. The Hall–Kier alpha value is -2.94. The van der Waals surface area contributed by atoms with E-state index in [9.17, 15) is 9.59 Å². The van der Waals surface area contributed by atoms with Crippen LogP contribution in [0.4, 0.5) is 5.13 Å². The Kier molecular flexibility index (Phi) is 4.17. The van der Waals surface area contributed by atoms with Crippen molar-refractivity contribution in [2.45, 2.75) is 20.3 Å². The van der Waals surface area contributed by atoms with E-state index in [1.165, 1.54) is 11.3 Å². The van der Waals surface area contributed by atoms with E-state index in [1.807, 2.05) is 0 Å². The highest BCUT2D eigenvalue weighted by Crippen LogP contribution is 2.25. The molecule has 124 valence electrons. The van der Waals surface area contributed by atoms with Gasteiger partial charge in [0.25, 0.3) is 5.91 Å². The van der Waals surface area contributed by atoms with Crippen molar-refractivity contribution in [1.82, 2.24) is 15.1 Å². The summed E-state index contributed by atoms with van der Waals surface area (Å²) in [6.45, 7) is 3.56. The van der Waals surface area contributed by atoms with E-state index < -0.39 is 5.91 Å². The largest absolute Gasteiger partial charge is 0.364 e. The van der Waals surface area contributed by atoms with Crippen LogP contribution in [0.15, 0.2) is 22.2 Å². The van der Waals surface area contributed by atoms with Crippen LogP contribution in [0.2, 0.25) is 0 Å². The van der Waals surface area contributed by atoms with Crippen molar-refractivity contribution in [3.05, 3.63) is 40.4 Å². The number of anilines is 1. The van der Waals surface area contributed by atoms with Gasteiger partial charge in [0.15, 0.2) is 5.13 Å². The number of nitrogens with two attached hydrogens (primary N) is 1. The van der Waals surface area contributed by atoms with Crippen molar-refractivity contribution in [3.63, 3.8) is 0 Å². The molecule has 0 aliphatic heterocycles. The Bertz CT molecular complexity index is 889. The van der Waals surface area contributed by atoms with Crippen molar-refractivity contribution < 1.29 is 14.1 Å². The molecule has 3 heterocycles. The summed E-state index contributed by atoms with van der Waals surface area (Å²) in [6, 6.07) is 1.62. The summed E-state index contributed by atoms with van der Waals surface area (Å²) in [5.41, 5.74) is 8.37. The number of amides is 2. The number of primary amides is 1. The molecule has 0 aliphatic carbocycles. The highest BCUT2D eigenvalue weighted by atomic mass is 32.1. The number of carbonyl (C=O) groups is 2. The van der Waals surface area contributed by atoms with Gasteiger partial charge in [0, 0.05) is 22.7 Å². The quantitative estimate of drug-likeness (QED) is 0.652. The maximum atomic E-state index is 12.1. The Morgan fingerprint density at radius 3 is 2.83 bits per heavy atom. The first-order chi connectivity index (χ1) is 11.4. The topological polar surface area (TPSA) is 127 Å². The molecule has 0 atom stereocenters. The summed E-state index contributed by atoms with van der Waals surface area (Å²) < 4.78 is 5.05. The van der Waals surface area contributed by atoms with E-state index in [1.54, 1.807) is 31.5 Å². The van der Waals surface area contributed by atoms with Gasteiger partial charge in [0.05, 0.1) is 17.8 Å². The zero-order chi connectivity index (χ0) is 17.3. The monoisotopic (exact) mass is 345 g/mol. The fraction of sp³-hybridized carbons (Fsp3) is 0.200. The second-order valence-corrected chi connectivity index (χ2v) is 6.09. The zero-order valence-corrected chi connectivity index (χ0v) is 13.9. The molecule has 9 heteroatoms. The summed E-state index contributed by atoms with van der Waals surface area (Å²) in [6.07, 6.45) is 1.82. The average molecular weight is 345 g/mol. The molecule has 3 aromatic heterocycles. The lowest BCUT2D eigenvalue weighted by molar-refractivity contribution is -0.115. The maximum absolute atomic E-state index is 12.1. The van der Waals surface area contributed by atoms with Crippen LogP contribution in [0.3, 0.4) is 0 Å². The normalized spacial score (nSPS) is 10.8. The first kappa shape index (κ1) is 15.9. The minimum atomic E-state index is -0.538. The number of nitrogens with zero attached hydrogens (tertiary/aromatic N) is 2. The molecule has 3 rings (SSSR count). The van der Waals surface area contributed by atoms with Crippen molar-refractivity contribution >= 4 is 28.3 Å². The highest BCUT2D eigenvalue weighted by Gasteiger charge is 2.15. The lowest BCUT2D eigenvalue weighted by atomic mass is 10.1. The first-order valence-electron chi connectivity index (χ1n) is 7.09. The molecule has 0 spiro atoms. The number of aryl methyl sites for hydroxylation is 2. The van der Waals surface area contributed by atoms with E-state index in [0.29, 0.717) is 28.0 Å². The number of rotatable bonds is 5. The minimum Gasteiger partial charge on any atom is -0.364 e. The summed E-state index contributed by atoms with van der Waals surface area (Å²) in [5, 5.41) is 8.85. The van der Waals surface area contributed by atoms with Crippen LogP contribution < -0.4 is 11.1 Å². The van der Waals surface area contributed by atoms with E-state index in [-0.39, 0.29) is 12.3 Å². The van der Waals surface area contributed by atoms with Gasteiger partial charge in [-0.2, -0.15) is 0 Å². The first-order valence-corrected chi connectivity index (χ1v) is 7.97. The van der Waals surface area contributed by atoms with Gasteiger partial charge in [-0.25, -0.2) is 4.98 Å². The van der Waals surface area contributed by atoms with Crippen molar-refractivity contribution in [2.24, 2.45) is 5.73 Å². The Morgan fingerprint density at radius 1 is 1.42 bits per heavy atom. The van der Waals surface area contributed by atoms with E-state index in [2.05, 4.69) is 20.4 Å². The predicted molar refractivity (Wildman–Crippen MR) is 88.7 cm³/mol. The molecule has 0 saturated heterocycles. The molecular weight excluding hydrogens is 330 g/mol. The van der Waals surface area contributed by atoms with Crippen molar-refractivity contribution in [3.8, 4) is 11.3 Å². The molecule has 24 heavy (non-hydrogen) atoms. The molecule has 0 fully saturated rings. The van der Waals surface area contributed by atoms with Gasteiger partial charge in [-0.3, -0.25) is 9.59 Å². The fourth-order valence-corrected chi connectivity index (χ4v) is 2.96. The van der Waals surface area contributed by atoms with Crippen LogP contribution in [0.5, 0.6) is 0 Å². The van der Waals surface area contributed by atoms with Crippen LogP contribution in [-0.4, -0.2) is 26.9 Å². The van der Waals surface area contributed by atoms with E-state index in [0.717, 1.165) is 11.1 Å². The maximum Gasteiger partial charge on any atom is 0.265 e. The van der Waals surface area contributed by atoms with Gasteiger partial charge in [-0.15, -0.1) is 11.3 Å². The fourth-order valence-electron chi connectivity index (χ4n) is 2.23. The van der Waals surface area contributed by atoms with Crippen LogP contribution in [-0.2, 0) is 11.2 Å². The highest BCUT2D eigenvalue weighted by molar-refractivity contribution is 7.14. The van der Waals surface area contributed by atoms with Crippen LogP contribution in [0, 0.1) is 13.8 Å². The molecule has 8 nitrogen and oxygen atoms in total. The predicted octanol–water partition coefficient (Wildman–Crippen LogP) is 2.02. The molecule has 0 radical (unpaired) electrons. The number of thiazole rings is 1. The molecule has 2 amide bonds. The third kappa shape index (κ3) is 3.20. The zero-order valence-electron chi connectivity index (χ0n) is 13.0. The van der Waals surface area contributed by atoms with E-state index >= 15 is 0 Å². The Labute approximate surface area is 141 Å². The molecule has 0 aliphatic rings. The Morgan fingerprint density at radius 2 is 2.21 bits per heavy atom. The van der Waals surface area contributed by atoms with Crippen molar-refractivity contribution in [2.75, 3.05) is 5.32 Å². The molecule has 3 aromatic rings. The van der Waals surface area contributed by atoms with Gasteiger partial charge in [-0.05, 0) is 19.9 Å². The standard InChI is InChI=1S/C15H15N5O3S/c1-7-10(8(2)23-20-7)4-13(21)19-15-18-12(6-24-15)9-3-11(14(16)22)17-5-9/h3,5-6,17H,4H2,1-2H3,(H2,16,22)(H,18,19,21). The molecule has 0 unspecified atom stereocenters. The number of aromatic amines is 1. The number of H-pyrrole nitrogens is 1. The van der Waals surface area contributed by atoms with Gasteiger partial charge in [0.2, 0.25) is 5.91 Å². The number of aromatic nitrogens is 3. The average Bonchev–Trinajstić information content (AvgIpc) is 3.23. The lowest BCUT2D eigenvalue weighted by Crippen LogP contribution is -2.15. The summed E-state index contributed by atoms with van der Waals surface area (Å²) in [4.78, 5) is 30.4. The summed E-state index contributed by atoms with van der Waals surface area (Å²) >= 11 is 1.30. The van der Waals surface area contributed by atoms with Crippen LogP contribution in [0.25, 0.3) is 11.3 Å². The SMILES string of the molecule is Cc1noc(C)c1CC(=O)Nc1nc(-c2c[nH]c(C(N)=O)c2)cs1. The number of carbonyl (C=O) groups excluding carboxylic acids is 2. The molecule has 0 bridgehead atoms. The summed E-state index contributed by atoms with van der Waals surface area (Å²) in [5.74, 6) is -0.101.